The molecule has 1 aromatic rings. The second kappa shape index (κ2) is 8.48. The van der Waals surface area contributed by atoms with Gasteiger partial charge in [0, 0.05) is 19.5 Å². The van der Waals surface area contributed by atoms with E-state index in [9.17, 15) is 4.79 Å². The van der Waals surface area contributed by atoms with Crippen LogP contribution in [0.2, 0.25) is 0 Å². The van der Waals surface area contributed by atoms with E-state index < -0.39 is 0 Å². The van der Waals surface area contributed by atoms with Gasteiger partial charge < -0.3 is 15.5 Å². The quantitative estimate of drug-likeness (QED) is 0.755. The lowest BCUT2D eigenvalue weighted by Crippen LogP contribution is -2.20. The lowest BCUT2D eigenvalue weighted by Gasteiger charge is -2.11. The first-order valence-electron chi connectivity index (χ1n) is 6.76. The fraction of sp³-hybridized carbons (Fsp3) is 0.571. The fourth-order valence-corrected chi connectivity index (χ4v) is 1.54. The molecule has 0 aliphatic rings. The van der Waals surface area contributed by atoms with Crippen molar-refractivity contribution < 1.29 is 4.79 Å². The number of anilines is 2. The molecule has 0 fully saturated rings. The molecular weight excluding hydrogens is 240 g/mol. The van der Waals surface area contributed by atoms with Gasteiger partial charge in [0.1, 0.15) is 5.82 Å². The van der Waals surface area contributed by atoms with E-state index in [4.69, 9.17) is 0 Å². The maximum Gasteiger partial charge on any atom is 0.225 e. The van der Waals surface area contributed by atoms with Crippen LogP contribution in [0.4, 0.5) is 11.5 Å². The van der Waals surface area contributed by atoms with Crippen molar-refractivity contribution in [2.45, 2.75) is 26.2 Å². The highest BCUT2D eigenvalue weighted by molar-refractivity contribution is 5.89. The van der Waals surface area contributed by atoms with E-state index in [1.165, 1.54) is 0 Å². The van der Waals surface area contributed by atoms with Crippen LogP contribution >= 0.6 is 0 Å². The minimum absolute atomic E-state index is 0.0302. The fourth-order valence-electron chi connectivity index (χ4n) is 1.54. The molecule has 0 radical (unpaired) electrons. The molecule has 0 unspecified atom stereocenters. The zero-order valence-corrected chi connectivity index (χ0v) is 12.1. The molecule has 0 aliphatic carbocycles. The molecule has 0 aliphatic heterocycles. The van der Waals surface area contributed by atoms with Gasteiger partial charge in [-0.05, 0) is 32.6 Å². The molecule has 0 saturated carbocycles. The highest BCUT2D eigenvalue weighted by atomic mass is 16.1. The summed E-state index contributed by atoms with van der Waals surface area (Å²) in [5.41, 5.74) is 0.966. The number of carbonyl (C=O) groups excluding carboxylic acids is 1. The normalized spacial score (nSPS) is 10.5. The first kappa shape index (κ1) is 15.4. The summed E-state index contributed by atoms with van der Waals surface area (Å²) in [7, 11) is 4.07. The SMILES string of the molecule is CCCCC(=O)Nc1ccc(NCCN(C)C)cn1. The number of nitrogens with zero attached hydrogens (tertiary/aromatic N) is 2. The van der Waals surface area contributed by atoms with Crippen LogP contribution in [-0.2, 0) is 4.79 Å². The van der Waals surface area contributed by atoms with Crippen molar-refractivity contribution >= 4 is 17.4 Å². The Morgan fingerprint density at radius 1 is 1.37 bits per heavy atom. The van der Waals surface area contributed by atoms with Crippen LogP contribution < -0.4 is 10.6 Å². The number of pyridine rings is 1. The number of likely N-dealkylation sites (N-methyl/N-ethyl adjacent to an activating group) is 1. The first-order chi connectivity index (χ1) is 9.11. The van der Waals surface area contributed by atoms with Gasteiger partial charge in [0.05, 0.1) is 11.9 Å². The third-order valence-electron chi connectivity index (χ3n) is 2.68. The molecule has 5 nitrogen and oxygen atoms in total. The minimum atomic E-state index is 0.0302. The molecule has 1 heterocycles. The number of hydrogen-bond donors (Lipinski definition) is 2. The predicted molar refractivity (Wildman–Crippen MR) is 79.4 cm³/mol. The summed E-state index contributed by atoms with van der Waals surface area (Å²) in [5.74, 6) is 0.641. The third kappa shape index (κ3) is 6.76. The molecule has 0 atom stereocenters. The summed E-state index contributed by atoms with van der Waals surface area (Å²) in [6, 6.07) is 3.75. The molecular formula is C14H24N4O. The molecule has 0 saturated heterocycles. The van der Waals surface area contributed by atoms with Gasteiger partial charge in [-0.15, -0.1) is 0 Å². The zero-order valence-electron chi connectivity index (χ0n) is 12.1. The first-order valence-corrected chi connectivity index (χ1v) is 6.76. The van der Waals surface area contributed by atoms with Gasteiger partial charge >= 0.3 is 0 Å². The number of aromatic nitrogens is 1. The molecule has 5 heteroatoms. The summed E-state index contributed by atoms with van der Waals surface area (Å²) in [5, 5.41) is 6.07. The van der Waals surface area contributed by atoms with E-state index >= 15 is 0 Å². The lowest BCUT2D eigenvalue weighted by atomic mass is 10.2. The highest BCUT2D eigenvalue weighted by Crippen LogP contribution is 2.10. The van der Waals surface area contributed by atoms with E-state index in [0.29, 0.717) is 12.2 Å². The van der Waals surface area contributed by atoms with Crippen LogP contribution in [0, 0.1) is 0 Å². The number of unbranched alkanes of at least 4 members (excludes halogenated alkanes) is 1. The Balaban J connectivity index is 2.36. The summed E-state index contributed by atoms with van der Waals surface area (Å²) >= 11 is 0. The maximum atomic E-state index is 11.5. The van der Waals surface area contributed by atoms with Crippen LogP contribution in [0.1, 0.15) is 26.2 Å². The Labute approximate surface area is 115 Å². The van der Waals surface area contributed by atoms with Gasteiger partial charge in [-0.1, -0.05) is 13.3 Å². The summed E-state index contributed by atoms with van der Waals surface area (Å²) in [4.78, 5) is 17.9. The predicted octanol–water partition coefficient (Wildman–Crippen LogP) is 2.18. The minimum Gasteiger partial charge on any atom is -0.383 e. The molecule has 1 aromatic heterocycles. The summed E-state index contributed by atoms with van der Waals surface area (Å²) < 4.78 is 0. The Morgan fingerprint density at radius 3 is 2.74 bits per heavy atom. The number of rotatable bonds is 8. The number of carbonyl (C=O) groups is 1. The average Bonchev–Trinajstić information content (AvgIpc) is 2.38. The molecule has 0 aromatic carbocycles. The monoisotopic (exact) mass is 264 g/mol. The number of nitrogens with one attached hydrogen (secondary N) is 2. The Hall–Kier alpha value is -1.62. The van der Waals surface area contributed by atoms with Crippen LogP contribution in [0.3, 0.4) is 0 Å². The summed E-state index contributed by atoms with van der Waals surface area (Å²) in [6.07, 6.45) is 4.23. The van der Waals surface area contributed by atoms with Crippen LogP contribution in [-0.4, -0.2) is 43.0 Å². The zero-order chi connectivity index (χ0) is 14.1. The Bertz CT molecular complexity index is 376. The second-order valence-electron chi connectivity index (χ2n) is 4.81. The van der Waals surface area contributed by atoms with Gasteiger partial charge in [0.15, 0.2) is 0 Å². The van der Waals surface area contributed by atoms with Crippen LogP contribution in [0.5, 0.6) is 0 Å². The van der Waals surface area contributed by atoms with E-state index in [1.54, 1.807) is 6.20 Å². The van der Waals surface area contributed by atoms with Crippen molar-refractivity contribution in [2.75, 3.05) is 37.8 Å². The van der Waals surface area contributed by atoms with Gasteiger partial charge in [-0.25, -0.2) is 4.98 Å². The molecule has 0 bridgehead atoms. The highest BCUT2D eigenvalue weighted by Gasteiger charge is 2.02. The van der Waals surface area contributed by atoms with Gasteiger partial charge in [0.25, 0.3) is 0 Å². The van der Waals surface area contributed by atoms with Gasteiger partial charge in [-0.3, -0.25) is 4.79 Å². The van der Waals surface area contributed by atoms with Crippen LogP contribution in [0.25, 0.3) is 0 Å². The average molecular weight is 264 g/mol. The largest absolute Gasteiger partial charge is 0.383 e. The van der Waals surface area contributed by atoms with Gasteiger partial charge in [-0.2, -0.15) is 0 Å². The van der Waals surface area contributed by atoms with E-state index in [0.717, 1.165) is 31.6 Å². The Morgan fingerprint density at radius 2 is 2.16 bits per heavy atom. The van der Waals surface area contributed by atoms with Gasteiger partial charge in [0.2, 0.25) is 5.91 Å². The van der Waals surface area contributed by atoms with E-state index in [-0.39, 0.29) is 5.91 Å². The molecule has 2 N–H and O–H groups in total. The van der Waals surface area contributed by atoms with E-state index in [1.807, 2.05) is 26.2 Å². The second-order valence-corrected chi connectivity index (χ2v) is 4.81. The van der Waals surface area contributed by atoms with Crippen molar-refractivity contribution in [2.24, 2.45) is 0 Å². The topological polar surface area (TPSA) is 57.3 Å². The number of hydrogen-bond acceptors (Lipinski definition) is 4. The molecule has 0 spiro atoms. The standard InChI is InChI=1S/C14H24N4O/c1-4-5-6-14(19)17-13-8-7-12(11-16-13)15-9-10-18(2)3/h7-8,11,15H,4-6,9-10H2,1-3H3,(H,16,17,19). The summed E-state index contributed by atoms with van der Waals surface area (Å²) in [6.45, 7) is 3.91. The number of amides is 1. The maximum absolute atomic E-state index is 11.5. The Kier molecular flexibility index (Phi) is 6.89. The van der Waals surface area contributed by atoms with Crippen molar-refractivity contribution in [3.8, 4) is 0 Å². The molecule has 1 rings (SSSR count). The third-order valence-corrected chi connectivity index (χ3v) is 2.68. The van der Waals surface area contributed by atoms with Crippen molar-refractivity contribution in [3.63, 3.8) is 0 Å². The van der Waals surface area contributed by atoms with Crippen molar-refractivity contribution in [3.05, 3.63) is 18.3 Å². The van der Waals surface area contributed by atoms with E-state index in [2.05, 4.69) is 27.4 Å². The van der Waals surface area contributed by atoms with Crippen molar-refractivity contribution in [1.29, 1.82) is 0 Å². The smallest absolute Gasteiger partial charge is 0.225 e. The van der Waals surface area contributed by atoms with Crippen molar-refractivity contribution in [1.82, 2.24) is 9.88 Å². The molecule has 106 valence electrons. The lowest BCUT2D eigenvalue weighted by molar-refractivity contribution is -0.116. The van der Waals surface area contributed by atoms with Crippen LogP contribution in [0.15, 0.2) is 18.3 Å². The molecule has 1 amide bonds. The molecule has 19 heavy (non-hydrogen) atoms.